The number of nitrogen functional groups attached to an aromatic ring is 2. The van der Waals surface area contributed by atoms with Crippen molar-refractivity contribution in [2.75, 3.05) is 58.3 Å². The molecule has 124 valence electrons. The molecule has 22 heavy (non-hydrogen) atoms. The van der Waals surface area contributed by atoms with Gasteiger partial charge in [0.25, 0.3) is 0 Å². The summed E-state index contributed by atoms with van der Waals surface area (Å²) in [6.45, 7) is 7.38. The van der Waals surface area contributed by atoms with Gasteiger partial charge in [0.2, 0.25) is 0 Å². The van der Waals surface area contributed by atoms with Gasteiger partial charge in [-0.2, -0.15) is 0 Å². The van der Waals surface area contributed by atoms with E-state index < -0.39 is 0 Å². The van der Waals surface area contributed by atoms with Crippen LogP contribution in [0.2, 0.25) is 0 Å². The fourth-order valence-electron chi connectivity index (χ4n) is 3.05. The van der Waals surface area contributed by atoms with Gasteiger partial charge in [-0.15, -0.1) is 0 Å². The number of quaternary nitrogens is 1. The predicted molar refractivity (Wildman–Crippen MR) is 92.9 cm³/mol. The van der Waals surface area contributed by atoms with Crippen molar-refractivity contribution in [1.82, 2.24) is 4.90 Å². The van der Waals surface area contributed by atoms with E-state index in [0.29, 0.717) is 18.0 Å². The Bertz CT molecular complexity index is 490. The quantitative estimate of drug-likeness (QED) is 0.621. The summed E-state index contributed by atoms with van der Waals surface area (Å²) < 4.78 is 6.91. The van der Waals surface area contributed by atoms with Crippen LogP contribution >= 0.6 is 0 Å². The first-order valence-electron chi connectivity index (χ1n) is 8.25. The molecule has 0 saturated carbocycles. The van der Waals surface area contributed by atoms with Crippen molar-refractivity contribution in [2.45, 2.75) is 25.8 Å². The average Bonchev–Trinajstić information content (AvgIpc) is 2.50. The Morgan fingerprint density at radius 2 is 2.09 bits per heavy atom. The molecular formula is C17H31N4O+. The molecule has 1 fully saturated rings. The Hall–Kier alpha value is -1.46. The van der Waals surface area contributed by atoms with Gasteiger partial charge in [-0.1, -0.05) is 0 Å². The Morgan fingerprint density at radius 3 is 2.77 bits per heavy atom. The molecule has 1 saturated heterocycles. The van der Waals surface area contributed by atoms with E-state index in [1.54, 1.807) is 6.07 Å². The zero-order valence-corrected chi connectivity index (χ0v) is 14.2. The van der Waals surface area contributed by atoms with Gasteiger partial charge in [0.05, 0.1) is 32.9 Å². The molecule has 2 rings (SSSR count). The van der Waals surface area contributed by atoms with Crippen molar-refractivity contribution < 1.29 is 9.22 Å². The summed E-state index contributed by atoms with van der Waals surface area (Å²) in [5, 5.41) is 0. The van der Waals surface area contributed by atoms with E-state index in [0.717, 1.165) is 29.4 Å². The topological polar surface area (TPSA) is 64.5 Å². The number of ether oxygens (including phenoxy) is 1. The molecule has 1 aromatic carbocycles. The summed E-state index contributed by atoms with van der Waals surface area (Å²) in [5.41, 5.74) is 12.9. The fourth-order valence-corrected chi connectivity index (χ4v) is 3.05. The number of nitrogens with two attached hydrogens (primary N) is 2. The van der Waals surface area contributed by atoms with Crippen molar-refractivity contribution in [2.24, 2.45) is 0 Å². The highest BCUT2D eigenvalue weighted by atomic mass is 16.5. The van der Waals surface area contributed by atoms with Crippen LogP contribution < -0.4 is 16.2 Å². The number of hydrogen-bond donors (Lipinski definition) is 2. The van der Waals surface area contributed by atoms with Crippen LogP contribution in [0.5, 0.6) is 5.75 Å². The van der Waals surface area contributed by atoms with E-state index in [4.69, 9.17) is 16.2 Å². The van der Waals surface area contributed by atoms with Gasteiger partial charge in [0.15, 0.2) is 0 Å². The normalized spacial score (nSPS) is 20.0. The number of likely N-dealkylation sites (N-methyl/N-ethyl adjacent to an activating group) is 1. The third kappa shape index (κ3) is 4.27. The fraction of sp³-hybridized carbons (Fsp3) is 0.647. The summed E-state index contributed by atoms with van der Waals surface area (Å²) in [6.07, 6.45) is 2.60. The van der Waals surface area contributed by atoms with Crippen molar-refractivity contribution >= 4 is 11.4 Å². The first-order chi connectivity index (χ1) is 10.4. The molecule has 5 heteroatoms. The maximum Gasteiger partial charge on any atom is 0.142 e. The van der Waals surface area contributed by atoms with Gasteiger partial charge in [-0.05, 0) is 38.1 Å². The van der Waals surface area contributed by atoms with Gasteiger partial charge >= 0.3 is 0 Å². The zero-order valence-electron chi connectivity index (χ0n) is 14.2. The minimum Gasteiger partial charge on any atom is -0.490 e. The number of hydrogen-bond acceptors (Lipinski definition) is 4. The van der Waals surface area contributed by atoms with Crippen LogP contribution in [-0.4, -0.2) is 62.3 Å². The van der Waals surface area contributed by atoms with Crippen LogP contribution in [0, 0.1) is 0 Å². The van der Waals surface area contributed by atoms with E-state index in [9.17, 15) is 0 Å². The highest BCUT2D eigenvalue weighted by Gasteiger charge is 2.31. The molecule has 0 bridgehead atoms. The van der Waals surface area contributed by atoms with E-state index in [1.165, 1.54) is 25.9 Å². The van der Waals surface area contributed by atoms with Crippen LogP contribution in [0.25, 0.3) is 0 Å². The molecule has 0 amide bonds. The standard InChI is InChI=1S/C17H31N4O/c1-4-21(2,3)15-6-5-9-20(13-15)10-11-22-17-8-7-14(18)12-16(17)19/h7-8,12,15H,4-6,9-11,13,18-19H2,1-3H3/q+1. The Morgan fingerprint density at radius 1 is 1.32 bits per heavy atom. The number of likely N-dealkylation sites (tertiary alicyclic amines) is 1. The first kappa shape index (κ1) is 16.9. The molecule has 1 aliphatic heterocycles. The smallest absolute Gasteiger partial charge is 0.142 e. The lowest BCUT2D eigenvalue weighted by atomic mass is 10.0. The summed E-state index contributed by atoms with van der Waals surface area (Å²) in [5.74, 6) is 0.729. The monoisotopic (exact) mass is 307 g/mol. The second-order valence-corrected chi connectivity index (χ2v) is 6.84. The van der Waals surface area contributed by atoms with Crippen LogP contribution in [0.1, 0.15) is 19.8 Å². The van der Waals surface area contributed by atoms with Crippen molar-refractivity contribution in [1.29, 1.82) is 0 Å². The average molecular weight is 307 g/mol. The molecule has 1 unspecified atom stereocenters. The Labute approximate surface area is 134 Å². The molecule has 0 aliphatic carbocycles. The summed E-state index contributed by atoms with van der Waals surface area (Å²) in [7, 11) is 4.67. The van der Waals surface area contributed by atoms with Crippen molar-refractivity contribution in [3.05, 3.63) is 18.2 Å². The molecule has 4 N–H and O–H groups in total. The predicted octanol–water partition coefficient (Wildman–Crippen LogP) is 1.79. The molecule has 1 atom stereocenters. The number of rotatable bonds is 6. The van der Waals surface area contributed by atoms with Gasteiger partial charge < -0.3 is 20.7 Å². The van der Waals surface area contributed by atoms with E-state index in [2.05, 4.69) is 25.9 Å². The molecule has 0 spiro atoms. The lowest BCUT2D eigenvalue weighted by Gasteiger charge is -2.42. The summed E-state index contributed by atoms with van der Waals surface area (Å²) in [4.78, 5) is 2.51. The van der Waals surface area contributed by atoms with E-state index >= 15 is 0 Å². The van der Waals surface area contributed by atoms with Crippen LogP contribution in [0.15, 0.2) is 18.2 Å². The molecule has 1 aliphatic rings. The molecule has 1 heterocycles. The van der Waals surface area contributed by atoms with Gasteiger partial charge in [0.1, 0.15) is 18.4 Å². The van der Waals surface area contributed by atoms with E-state index in [1.807, 2.05) is 12.1 Å². The summed E-state index contributed by atoms with van der Waals surface area (Å²) >= 11 is 0. The SMILES string of the molecule is CC[N+](C)(C)C1CCCN(CCOc2ccc(N)cc2N)C1. The third-order valence-corrected chi connectivity index (χ3v) is 4.98. The maximum absolute atomic E-state index is 5.92. The van der Waals surface area contributed by atoms with Crippen molar-refractivity contribution in [3.8, 4) is 5.75 Å². The first-order valence-corrected chi connectivity index (χ1v) is 8.25. The van der Waals surface area contributed by atoms with Crippen molar-refractivity contribution in [3.63, 3.8) is 0 Å². The third-order valence-electron chi connectivity index (χ3n) is 4.98. The Kier molecular flexibility index (Phi) is 5.53. The largest absolute Gasteiger partial charge is 0.490 e. The van der Waals surface area contributed by atoms with Crippen LogP contribution in [0.3, 0.4) is 0 Å². The number of anilines is 2. The number of piperidine rings is 1. The number of nitrogens with zero attached hydrogens (tertiary/aromatic N) is 2. The molecule has 1 aromatic rings. The van der Waals surface area contributed by atoms with E-state index in [-0.39, 0.29) is 0 Å². The Balaban J connectivity index is 1.81. The summed E-state index contributed by atoms with van der Waals surface area (Å²) in [6, 6.07) is 6.14. The minimum atomic E-state index is 0.611. The molecular weight excluding hydrogens is 276 g/mol. The van der Waals surface area contributed by atoms with Crippen LogP contribution in [0.4, 0.5) is 11.4 Å². The number of benzene rings is 1. The lowest BCUT2D eigenvalue weighted by molar-refractivity contribution is -0.914. The molecule has 0 radical (unpaired) electrons. The lowest BCUT2D eigenvalue weighted by Crippen LogP contribution is -2.56. The molecule has 0 aromatic heterocycles. The zero-order chi connectivity index (χ0) is 16.2. The van der Waals surface area contributed by atoms with Gasteiger partial charge in [0, 0.05) is 18.7 Å². The minimum absolute atomic E-state index is 0.611. The van der Waals surface area contributed by atoms with Crippen LogP contribution in [-0.2, 0) is 0 Å². The molecule has 5 nitrogen and oxygen atoms in total. The van der Waals surface area contributed by atoms with Gasteiger partial charge in [-0.25, -0.2) is 0 Å². The second kappa shape index (κ2) is 7.20. The highest BCUT2D eigenvalue weighted by molar-refractivity contribution is 5.60. The maximum atomic E-state index is 5.92. The second-order valence-electron chi connectivity index (χ2n) is 6.84. The van der Waals surface area contributed by atoms with Gasteiger partial charge in [-0.3, -0.25) is 4.90 Å². The highest BCUT2D eigenvalue weighted by Crippen LogP contribution is 2.24.